The Balaban J connectivity index is 2.33. The Kier molecular flexibility index (Phi) is 3.43. The van der Waals surface area contributed by atoms with E-state index in [2.05, 4.69) is 15.9 Å². The van der Waals surface area contributed by atoms with E-state index in [4.69, 9.17) is 9.47 Å². The highest BCUT2D eigenvalue weighted by Gasteiger charge is 2.43. The number of ketones is 1. The molecule has 1 aromatic rings. The number of ether oxygens (including phenoxy) is 2. The zero-order chi connectivity index (χ0) is 12.6. The topological polar surface area (TPSA) is 35.5 Å². The molecule has 0 bridgehead atoms. The highest BCUT2D eigenvalue weighted by atomic mass is 79.9. The standard InChI is InChI=1S/C13H15BrO3/c1-7(15)8-4-9(8)10-5-12(16-2)13(17-3)6-11(10)14/h5-6,8-9H,4H2,1-3H3. The van der Waals surface area contributed by atoms with Crippen molar-refractivity contribution in [1.82, 2.24) is 0 Å². The van der Waals surface area contributed by atoms with Gasteiger partial charge in [-0.1, -0.05) is 15.9 Å². The summed E-state index contributed by atoms with van der Waals surface area (Å²) in [6.45, 7) is 1.65. The Hall–Kier alpha value is -1.03. The molecule has 0 aliphatic heterocycles. The van der Waals surface area contributed by atoms with Crippen molar-refractivity contribution in [3.8, 4) is 11.5 Å². The van der Waals surface area contributed by atoms with E-state index in [0.717, 1.165) is 16.5 Å². The third-order valence-corrected chi connectivity index (χ3v) is 3.90. The van der Waals surface area contributed by atoms with E-state index < -0.39 is 0 Å². The Morgan fingerprint density at radius 1 is 1.29 bits per heavy atom. The minimum atomic E-state index is 0.171. The average Bonchev–Trinajstić information content (AvgIpc) is 3.08. The van der Waals surface area contributed by atoms with Crippen LogP contribution in [0, 0.1) is 5.92 Å². The molecule has 0 N–H and O–H groups in total. The lowest BCUT2D eigenvalue weighted by atomic mass is 10.1. The van der Waals surface area contributed by atoms with Crippen molar-refractivity contribution in [1.29, 1.82) is 0 Å². The summed E-state index contributed by atoms with van der Waals surface area (Å²) in [5.41, 5.74) is 1.13. The number of methoxy groups -OCH3 is 2. The average molecular weight is 299 g/mol. The smallest absolute Gasteiger partial charge is 0.161 e. The van der Waals surface area contributed by atoms with Crippen LogP contribution < -0.4 is 9.47 Å². The lowest BCUT2D eigenvalue weighted by Crippen LogP contribution is -1.97. The number of rotatable bonds is 4. The van der Waals surface area contributed by atoms with Gasteiger partial charge in [0.2, 0.25) is 0 Å². The van der Waals surface area contributed by atoms with Crippen molar-refractivity contribution >= 4 is 21.7 Å². The van der Waals surface area contributed by atoms with Crippen molar-refractivity contribution in [2.24, 2.45) is 5.92 Å². The molecular weight excluding hydrogens is 284 g/mol. The van der Waals surface area contributed by atoms with Gasteiger partial charge in [0, 0.05) is 10.4 Å². The van der Waals surface area contributed by atoms with E-state index in [1.807, 2.05) is 12.1 Å². The van der Waals surface area contributed by atoms with Crippen LogP contribution in [0.4, 0.5) is 0 Å². The highest BCUT2D eigenvalue weighted by molar-refractivity contribution is 9.10. The molecule has 1 aliphatic rings. The van der Waals surface area contributed by atoms with Crippen LogP contribution in [-0.4, -0.2) is 20.0 Å². The fourth-order valence-electron chi connectivity index (χ4n) is 2.14. The maximum Gasteiger partial charge on any atom is 0.161 e. The van der Waals surface area contributed by atoms with E-state index in [1.54, 1.807) is 21.1 Å². The molecule has 0 radical (unpaired) electrons. The van der Waals surface area contributed by atoms with Crippen LogP contribution in [0.1, 0.15) is 24.8 Å². The predicted octanol–water partition coefficient (Wildman–Crippen LogP) is 3.16. The minimum absolute atomic E-state index is 0.171. The van der Waals surface area contributed by atoms with Crippen molar-refractivity contribution in [3.05, 3.63) is 22.2 Å². The molecule has 1 fully saturated rings. The van der Waals surface area contributed by atoms with E-state index >= 15 is 0 Å². The molecule has 17 heavy (non-hydrogen) atoms. The number of halogens is 1. The minimum Gasteiger partial charge on any atom is -0.493 e. The molecule has 1 aromatic carbocycles. The predicted molar refractivity (Wildman–Crippen MR) is 68.8 cm³/mol. The highest BCUT2D eigenvalue weighted by Crippen LogP contribution is 2.51. The number of hydrogen-bond acceptors (Lipinski definition) is 3. The molecule has 1 aliphatic carbocycles. The van der Waals surface area contributed by atoms with Crippen LogP contribution in [0.2, 0.25) is 0 Å². The third kappa shape index (κ3) is 2.32. The second-order valence-electron chi connectivity index (χ2n) is 4.29. The molecule has 4 heteroatoms. The largest absolute Gasteiger partial charge is 0.493 e. The molecule has 0 aromatic heterocycles. The summed E-state index contributed by atoms with van der Waals surface area (Å²) in [5.74, 6) is 2.16. The van der Waals surface area contributed by atoms with E-state index in [-0.39, 0.29) is 11.7 Å². The fraction of sp³-hybridized carbons (Fsp3) is 0.462. The van der Waals surface area contributed by atoms with Crippen molar-refractivity contribution in [3.63, 3.8) is 0 Å². The van der Waals surface area contributed by atoms with Gasteiger partial charge >= 0.3 is 0 Å². The van der Waals surface area contributed by atoms with Crippen LogP contribution >= 0.6 is 15.9 Å². The molecule has 0 amide bonds. The van der Waals surface area contributed by atoms with E-state index in [0.29, 0.717) is 17.4 Å². The first-order valence-corrected chi connectivity index (χ1v) is 6.29. The van der Waals surface area contributed by atoms with Gasteiger partial charge in [-0.2, -0.15) is 0 Å². The van der Waals surface area contributed by atoms with Gasteiger partial charge in [0.1, 0.15) is 5.78 Å². The molecule has 3 nitrogen and oxygen atoms in total. The van der Waals surface area contributed by atoms with Crippen molar-refractivity contribution in [2.75, 3.05) is 14.2 Å². The zero-order valence-corrected chi connectivity index (χ0v) is 11.7. The summed E-state index contributed by atoms with van der Waals surface area (Å²) in [6.07, 6.45) is 0.934. The Morgan fingerprint density at radius 3 is 2.35 bits per heavy atom. The number of Topliss-reactive ketones (excluding diaryl/α,β-unsaturated/α-hetero) is 1. The Bertz CT molecular complexity index is 456. The van der Waals surface area contributed by atoms with Crippen molar-refractivity contribution in [2.45, 2.75) is 19.3 Å². The van der Waals surface area contributed by atoms with Gasteiger partial charge in [-0.25, -0.2) is 0 Å². The lowest BCUT2D eigenvalue weighted by molar-refractivity contribution is -0.118. The van der Waals surface area contributed by atoms with Gasteiger partial charge in [0.15, 0.2) is 11.5 Å². The second kappa shape index (κ2) is 4.69. The molecule has 0 heterocycles. The summed E-state index contributed by atoms with van der Waals surface area (Å²) < 4.78 is 11.5. The summed E-state index contributed by atoms with van der Waals surface area (Å²) >= 11 is 3.52. The number of hydrogen-bond donors (Lipinski definition) is 0. The van der Waals surface area contributed by atoms with Gasteiger partial charge in [-0.05, 0) is 37.0 Å². The Morgan fingerprint density at radius 2 is 1.88 bits per heavy atom. The molecule has 2 rings (SSSR count). The zero-order valence-electron chi connectivity index (χ0n) is 10.1. The maximum absolute atomic E-state index is 11.3. The first-order valence-electron chi connectivity index (χ1n) is 5.50. The quantitative estimate of drug-likeness (QED) is 0.856. The van der Waals surface area contributed by atoms with Crippen LogP contribution in [-0.2, 0) is 4.79 Å². The summed E-state index contributed by atoms with van der Waals surface area (Å²) in [6, 6.07) is 3.85. The lowest BCUT2D eigenvalue weighted by Gasteiger charge is -2.11. The molecule has 92 valence electrons. The number of carbonyl (C=O) groups excluding carboxylic acids is 1. The molecular formula is C13H15BrO3. The van der Waals surface area contributed by atoms with Gasteiger partial charge < -0.3 is 9.47 Å². The molecule has 0 saturated heterocycles. The summed E-state index contributed by atoms with van der Waals surface area (Å²) in [7, 11) is 3.23. The van der Waals surface area contributed by atoms with Crippen molar-refractivity contribution < 1.29 is 14.3 Å². The molecule has 2 atom stereocenters. The normalized spacial score (nSPS) is 22.1. The number of benzene rings is 1. The van der Waals surface area contributed by atoms with E-state index in [9.17, 15) is 4.79 Å². The first-order chi connectivity index (χ1) is 8.08. The van der Waals surface area contributed by atoms with Gasteiger partial charge in [0.05, 0.1) is 14.2 Å². The third-order valence-electron chi connectivity index (χ3n) is 3.21. The first kappa shape index (κ1) is 12.4. The maximum atomic E-state index is 11.3. The summed E-state index contributed by atoms with van der Waals surface area (Å²) in [5, 5.41) is 0. The molecule has 1 saturated carbocycles. The van der Waals surface area contributed by atoms with Gasteiger partial charge in [-0.15, -0.1) is 0 Å². The van der Waals surface area contributed by atoms with Gasteiger partial charge in [-0.3, -0.25) is 4.79 Å². The van der Waals surface area contributed by atoms with Gasteiger partial charge in [0.25, 0.3) is 0 Å². The molecule has 0 spiro atoms. The Labute approximate surface area is 109 Å². The number of carbonyl (C=O) groups is 1. The van der Waals surface area contributed by atoms with Crippen LogP contribution in [0.25, 0.3) is 0 Å². The fourth-order valence-corrected chi connectivity index (χ4v) is 2.76. The van der Waals surface area contributed by atoms with Crippen LogP contribution in [0.15, 0.2) is 16.6 Å². The van der Waals surface area contributed by atoms with E-state index in [1.165, 1.54) is 0 Å². The molecule has 2 unspecified atom stereocenters. The van der Waals surface area contributed by atoms with Crippen LogP contribution in [0.5, 0.6) is 11.5 Å². The monoisotopic (exact) mass is 298 g/mol. The summed E-state index contributed by atoms with van der Waals surface area (Å²) in [4.78, 5) is 11.3. The second-order valence-corrected chi connectivity index (χ2v) is 5.14. The SMILES string of the molecule is COc1cc(Br)c(C2CC2C(C)=O)cc1OC. The van der Waals surface area contributed by atoms with Crippen LogP contribution in [0.3, 0.4) is 0 Å².